The molecule has 7 heteroatoms. The van der Waals surface area contributed by atoms with Gasteiger partial charge in [0, 0.05) is 22.1 Å². The van der Waals surface area contributed by atoms with Crippen LogP contribution in [0.2, 0.25) is 0 Å². The van der Waals surface area contributed by atoms with E-state index < -0.39 is 5.97 Å². The number of carboxylic acid groups (broad SMARTS) is 1. The van der Waals surface area contributed by atoms with Crippen molar-refractivity contribution in [3.63, 3.8) is 0 Å². The van der Waals surface area contributed by atoms with Crippen molar-refractivity contribution < 1.29 is 19.0 Å². The van der Waals surface area contributed by atoms with Crippen molar-refractivity contribution >= 4 is 29.7 Å². The fourth-order valence-corrected chi connectivity index (χ4v) is 4.06. The van der Waals surface area contributed by atoms with Gasteiger partial charge in [-0.15, -0.1) is 11.8 Å². The molecule has 0 bridgehead atoms. The van der Waals surface area contributed by atoms with E-state index in [1.807, 2.05) is 36.4 Å². The van der Waals surface area contributed by atoms with Gasteiger partial charge in [0.05, 0.1) is 5.56 Å². The summed E-state index contributed by atoms with van der Waals surface area (Å²) in [6.07, 6.45) is 0. The lowest BCUT2D eigenvalue weighted by molar-refractivity contribution is 0.0696. The molecule has 0 saturated heterocycles. The minimum absolute atomic E-state index is 0.291. The summed E-state index contributed by atoms with van der Waals surface area (Å²) in [6.45, 7) is 2.55. The Morgan fingerprint density at radius 3 is 2.28 bits per heavy atom. The molecule has 0 aliphatic carbocycles. The maximum Gasteiger partial charge on any atom is 0.335 e. The van der Waals surface area contributed by atoms with Crippen molar-refractivity contribution in [3.05, 3.63) is 83.7 Å². The molecule has 0 spiro atoms. The van der Waals surface area contributed by atoms with E-state index in [2.05, 4.69) is 4.72 Å². The van der Waals surface area contributed by atoms with Gasteiger partial charge in [-0.1, -0.05) is 6.07 Å². The minimum Gasteiger partial charge on any atom is -0.478 e. The highest BCUT2D eigenvalue weighted by molar-refractivity contribution is 7.99. The number of ether oxygens (including phenoxy) is 1. The van der Waals surface area contributed by atoms with E-state index in [1.165, 1.54) is 24.1 Å². The topological polar surface area (TPSA) is 58.6 Å². The molecular formula is C22H20FNO3S2. The number of carboxylic acids is 1. The Balaban J connectivity index is 1.41. The third kappa shape index (κ3) is 6.52. The number of benzene rings is 3. The van der Waals surface area contributed by atoms with Gasteiger partial charge < -0.3 is 9.84 Å². The van der Waals surface area contributed by atoms with Crippen molar-refractivity contribution in [1.82, 2.24) is 4.72 Å². The van der Waals surface area contributed by atoms with E-state index in [4.69, 9.17) is 4.74 Å². The van der Waals surface area contributed by atoms with Crippen LogP contribution < -0.4 is 9.46 Å². The van der Waals surface area contributed by atoms with E-state index in [0.29, 0.717) is 17.1 Å². The van der Waals surface area contributed by atoms with Gasteiger partial charge in [-0.2, -0.15) is 0 Å². The fraction of sp³-hybridized carbons (Fsp3) is 0.136. The summed E-state index contributed by atoms with van der Waals surface area (Å²) in [5.74, 6) is 0.953. The number of halogens is 1. The molecule has 0 atom stereocenters. The summed E-state index contributed by atoms with van der Waals surface area (Å²) in [5.41, 5.74) is 1.08. The second-order valence-corrected chi connectivity index (χ2v) is 8.29. The molecule has 0 aliphatic heterocycles. The SMILES string of the molecule is Cc1ccc(SNCCSc2ccc(Oc3ccc(F)cc3)cc2)cc1C(=O)O. The molecule has 0 amide bonds. The summed E-state index contributed by atoms with van der Waals surface area (Å²) in [5, 5.41) is 9.18. The number of carbonyl (C=O) groups is 1. The zero-order valence-electron chi connectivity index (χ0n) is 15.7. The molecule has 0 radical (unpaired) electrons. The molecule has 4 nitrogen and oxygen atoms in total. The van der Waals surface area contributed by atoms with E-state index in [0.717, 1.165) is 27.7 Å². The van der Waals surface area contributed by atoms with Gasteiger partial charge in [0.15, 0.2) is 0 Å². The normalized spacial score (nSPS) is 10.7. The molecule has 0 heterocycles. The van der Waals surface area contributed by atoms with Gasteiger partial charge in [0.25, 0.3) is 0 Å². The Morgan fingerprint density at radius 1 is 1.00 bits per heavy atom. The van der Waals surface area contributed by atoms with Gasteiger partial charge in [-0.3, -0.25) is 4.72 Å². The molecule has 3 aromatic rings. The van der Waals surface area contributed by atoms with Crippen LogP contribution in [0.25, 0.3) is 0 Å². The smallest absolute Gasteiger partial charge is 0.335 e. The van der Waals surface area contributed by atoms with Crippen LogP contribution in [0.3, 0.4) is 0 Å². The van der Waals surface area contributed by atoms with E-state index >= 15 is 0 Å². The molecule has 0 unspecified atom stereocenters. The molecule has 2 N–H and O–H groups in total. The van der Waals surface area contributed by atoms with Crippen LogP contribution in [0.5, 0.6) is 11.5 Å². The van der Waals surface area contributed by atoms with Gasteiger partial charge >= 0.3 is 5.97 Å². The number of aromatic carboxylic acids is 1. The largest absolute Gasteiger partial charge is 0.478 e. The summed E-state index contributed by atoms with van der Waals surface area (Å²) >= 11 is 3.14. The average molecular weight is 430 g/mol. The first kappa shape index (κ1) is 21.2. The fourth-order valence-electron chi connectivity index (χ4n) is 2.48. The first-order valence-corrected chi connectivity index (χ1v) is 10.7. The summed E-state index contributed by atoms with van der Waals surface area (Å²) in [4.78, 5) is 13.2. The Labute approximate surface area is 177 Å². The first-order chi connectivity index (χ1) is 14.0. The summed E-state index contributed by atoms with van der Waals surface area (Å²) in [7, 11) is 0. The third-order valence-corrected chi connectivity index (χ3v) is 5.83. The van der Waals surface area contributed by atoms with Crippen LogP contribution in [0, 0.1) is 12.7 Å². The lowest BCUT2D eigenvalue weighted by Crippen LogP contribution is -2.08. The van der Waals surface area contributed by atoms with Crippen molar-refractivity contribution in [1.29, 1.82) is 0 Å². The number of hydrogen-bond donors (Lipinski definition) is 2. The number of aryl methyl sites for hydroxylation is 1. The highest BCUT2D eigenvalue weighted by Crippen LogP contribution is 2.25. The molecule has 0 aromatic heterocycles. The second kappa shape index (κ2) is 10.3. The maximum absolute atomic E-state index is 12.9. The third-order valence-electron chi connectivity index (χ3n) is 3.98. The van der Waals surface area contributed by atoms with E-state index in [9.17, 15) is 14.3 Å². The number of hydrogen-bond acceptors (Lipinski definition) is 5. The lowest BCUT2D eigenvalue weighted by atomic mass is 10.1. The highest BCUT2D eigenvalue weighted by Gasteiger charge is 2.08. The zero-order valence-corrected chi connectivity index (χ0v) is 17.4. The quantitative estimate of drug-likeness (QED) is 0.247. The standard InChI is InChI=1S/C22H20FNO3S2/c1-15-2-9-20(14-21(15)22(25)26)29-24-12-13-28-19-10-7-18(8-11-19)27-17-5-3-16(23)4-6-17/h2-11,14,24H,12-13H2,1H3,(H,25,26). The Morgan fingerprint density at radius 2 is 1.62 bits per heavy atom. The van der Waals surface area contributed by atoms with Crippen molar-refractivity contribution in [2.75, 3.05) is 12.3 Å². The van der Waals surface area contributed by atoms with Crippen LogP contribution in [0.4, 0.5) is 4.39 Å². The van der Waals surface area contributed by atoms with Crippen LogP contribution in [-0.4, -0.2) is 23.4 Å². The molecule has 0 saturated carbocycles. The van der Waals surface area contributed by atoms with Gasteiger partial charge in [-0.05, 0) is 85.1 Å². The first-order valence-electron chi connectivity index (χ1n) is 8.91. The van der Waals surface area contributed by atoms with Crippen molar-refractivity contribution in [2.45, 2.75) is 16.7 Å². The van der Waals surface area contributed by atoms with Gasteiger partial charge in [0.1, 0.15) is 17.3 Å². The van der Waals surface area contributed by atoms with Gasteiger partial charge in [-0.25, -0.2) is 9.18 Å². The zero-order chi connectivity index (χ0) is 20.6. The predicted molar refractivity (Wildman–Crippen MR) is 116 cm³/mol. The molecule has 0 aliphatic rings. The Bertz CT molecular complexity index is 963. The monoisotopic (exact) mass is 429 g/mol. The summed E-state index contributed by atoms with van der Waals surface area (Å²) in [6, 6.07) is 19.1. The van der Waals surface area contributed by atoms with Crippen LogP contribution in [0.15, 0.2) is 76.5 Å². The predicted octanol–water partition coefficient (Wildman–Crippen LogP) is 6.01. The Hall–Kier alpha value is -2.48. The molecule has 3 rings (SSSR count). The maximum atomic E-state index is 12.9. The Kier molecular flexibility index (Phi) is 7.57. The van der Waals surface area contributed by atoms with Crippen LogP contribution >= 0.6 is 23.7 Å². The van der Waals surface area contributed by atoms with Crippen LogP contribution in [0.1, 0.15) is 15.9 Å². The minimum atomic E-state index is -0.910. The molecule has 3 aromatic carbocycles. The van der Waals surface area contributed by atoms with E-state index in [-0.39, 0.29) is 5.82 Å². The van der Waals surface area contributed by atoms with Crippen LogP contribution in [-0.2, 0) is 0 Å². The molecule has 0 fully saturated rings. The average Bonchev–Trinajstić information content (AvgIpc) is 2.71. The van der Waals surface area contributed by atoms with Gasteiger partial charge in [0.2, 0.25) is 0 Å². The molecular weight excluding hydrogens is 409 g/mol. The van der Waals surface area contributed by atoms with Crippen molar-refractivity contribution in [2.24, 2.45) is 0 Å². The number of rotatable bonds is 9. The second-order valence-electron chi connectivity index (χ2n) is 6.15. The number of thioether (sulfide) groups is 1. The number of nitrogens with one attached hydrogen (secondary N) is 1. The molecule has 29 heavy (non-hydrogen) atoms. The van der Waals surface area contributed by atoms with Crippen molar-refractivity contribution in [3.8, 4) is 11.5 Å². The van der Waals surface area contributed by atoms with E-state index in [1.54, 1.807) is 36.9 Å². The molecule has 150 valence electrons. The summed E-state index contributed by atoms with van der Waals surface area (Å²) < 4.78 is 21.9. The lowest BCUT2D eigenvalue weighted by Gasteiger charge is -2.08. The highest BCUT2D eigenvalue weighted by atomic mass is 32.2.